The molecule has 0 radical (unpaired) electrons. The second-order valence-corrected chi connectivity index (χ2v) is 7.60. The largest absolute Gasteiger partial charge is 0.486 e. The van der Waals surface area contributed by atoms with Crippen LogP contribution in [0.2, 0.25) is 0 Å². The average Bonchev–Trinajstić information content (AvgIpc) is 3.36. The molecule has 1 aliphatic heterocycles. The highest BCUT2D eigenvalue weighted by Crippen LogP contribution is 2.31. The molecular formula is C26H23N3O3. The van der Waals surface area contributed by atoms with Crippen molar-refractivity contribution in [1.29, 1.82) is 0 Å². The van der Waals surface area contributed by atoms with Crippen molar-refractivity contribution in [3.8, 4) is 22.6 Å². The summed E-state index contributed by atoms with van der Waals surface area (Å²) in [7, 11) is 0. The lowest BCUT2D eigenvalue weighted by Crippen LogP contribution is -2.23. The molecule has 1 amide bonds. The molecule has 0 saturated heterocycles. The van der Waals surface area contributed by atoms with Gasteiger partial charge >= 0.3 is 0 Å². The number of hydrogen-bond donors (Lipinski definition) is 1. The van der Waals surface area contributed by atoms with Gasteiger partial charge in [0.1, 0.15) is 13.2 Å². The van der Waals surface area contributed by atoms with E-state index in [0.717, 1.165) is 23.2 Å². The third kappa shape index (κ3) is 4.34. The first kappa shape index (κ1) is 19.9. The highest BCUT2D eigenvalue weighted by molar-refractivity contribution is 5.95. The van der Waals surface area contributed by atoms with Gasteiger partial charge < -0.3 is 14.8 Å². The van der Waals surface area contributed by atoms with E-state index in [1.807, 2.05) is 35.1 Å². The summed E-state index contributed by atoms with van der Waals surface area (Å²) in [5, 5.41) is 7.28. The Labute approximate surface area is 186 Å². The fraction of sp³-hybridized carbons (Fsp3) is 0.154. The van der Waals surface area contributed by atoms with Crippen molar-refractivity contribution < 1.29 is 14.3 Å². The standard InChI is InChI=1S/C26H23N3O3/c30-26(21-10-11-24-25(16-21)32-15-14-31-24)27-17-22-4-1-2-5-23(22)20-8-6-19(7-9-20)18-29-13-3-12-28-29/h1-13,16H,14-15,17-18H2,(H,27,30). The van der Waals surface area contributed by atoms with Gasteiger partial charge in [0.05, 0.1) is 6.54 Å². The zero-order valence-electron chi connectivity index (χ0n) is 17.5. The summed E-state index contributed by atoms with van der Waals surface area (Å²) in [5.41, 5.74) is 4.99. The van der Waals surface area contributed by atoms with E-state index < -0.39 is 0 Å². The molecule has 0 fully saturated rings. The molecule has 32 heavy (non-hydrogen) atoms. The third-order valence-electron chi connectivity index (χ3n) is 5.43. The SMILES string of the molecule is O=C(NCc1ccccc1-c1ccc(Cn2cccn2)cc1)c1ccc2c(c1)OCCO2. The summed E-state index contributed by atoms with van der Waals surface area (Å²) in [4.78, 5) is 12.7. The summed E-state index contributed by atoms with van der Waals surface area (Å²) in [6, 6.07) is 23.8. The second-order valence-electron chi connectivity index (χ2n) is 7.60. The van der Waals surface area contributed by atoms with Crippen LogP contribution in [-0.2, 0) is 13.1 Å². The van der Waals surface area contributed by atoms with E-state index in [1.54, 1.807) is 24.4 Å². The van der Waals surface area contributed by atoms with Gasteiger partial charge in [-0.05, 0) is 46.5 Å². The number of carbonyl (C=O) groups excluding carboxylic acids is 1. The number of benzene rings is 3. The van der Waals surface area contributed by atoms with Crippen molar-refractivity contribution in [3.63, 3.8) is 0 Å². The van der Waals surface area contributed by atoms with Crippen molar-refractivity contribution in [2.24, 2.45) is 0 Å². The molecule has 2 heterocycles. The normalized spacial score (nSPS) is 12.4. The summed E-state index contributed by atoms with van der Waals surface area (Å²) in [6.45, 7) is 2.19. The summed E-state index contributed by atoms with van der Waals surface area (Å²) >= 11 is 0. The Morgan fingerprint density at radius 1 is 0.938 bits per heavy atom. The fourth-order valence-corrected chi connectivity index (χ4v) is 3.79. The minimum atomic E-state index is -0.147. The molecule has 6 heteroatoms. The number of amides is 1. The molecular weight excluding hydrogens is 402 g/mol. The van der Waals surface area contributed by atoms with Gasteiger partial charge in [-0.2, -0.15) is 5.10 Å². The van der Waals surface area contributed by atoms with Crippen LogP contribution >= 0.6 is 0 Å². The van der Waals surface area contributed by atoms with Crippen LogP contribution in [0.3, 0.4) is 0 Å². The van der Waals surface area contributed by atoms with Crippen LogP contribution in [0.15, 0.2) is 85.2 Å². The van der Waals surface area contributed by atoms with Crippen molar-refractivity contribution in [1.82, 2.24) is 15.1 Å². The number of rotatable bonds is 6. The smallest absolute Gasteiger partial charge is 0.251 e. The maximum absolute atomic E-state index is 12.7. The first-order chi connectivity index (χ1) is 15.8. The van der Waals surface area contributed by atoms with E-state index in [-0.39, 0.29) is 5.91 Å². The monoisotopic (exact) mass is 425 g/mol. The lowest BCUT2D eigenvalue weighted by molar-refractivity contribution is 0.0949. The first-order valence-electron chi connectivity index (χ1n) is 10.6. The van der Waals surface area contributed by atoms with Gasteiger partial charge in [0.2, 0.25) is 0 Å². The lowest BCUT2D eigenvalue weighted by Gasteiger charge is -2.18. The van der Waals surface area contributed by atoms with Crippen molar-refractivity contribution in [3.05, 3.63) is 102 Å². The van der Waals surface area contributed by atoms with Crippen LogP contribution in [0.4, 0.5) is 0 Å². The quantitative estimate of drug-likeness (QED) is 0.500. The molecule has 0 spiro atoms. The minimum absolute atomic E-state index is 0.147. The van der Waals surface area contributed by atoms with Gasteiger partial charge in [-0.25, -0.2) is 0 Å². The van der Waals surface area contributed by atoms with Gasteiger partial charge in [0.15, 0.2) is 11.5 Å². The molecule has 1 aliphatic rings. The van der Waals surface area contributed by atoms with E-state index in [4.69, 9.17) is 9.47 Å². The van der Waals surface area contributed by atoms with E-state index in [0.29, 0.717) is 36.8 Å². The molecule has 0 bridgehead atoms. The molecule has 4 aromatic rings. The van der Waals surface area contributed by atoms with Crippen LogP contribution in [0.25, 0.3) is 11.1 Å². The lowest BCUT2D eigenvalue weighted by atomic mass is 9.98. The molecule has 5 rings (SSSR count). The number of aromatic nitrogens is 2. The number of nitrogens with zero attached hydrogens (tertiary/aromatic N) is 2. The van der Waals surface area contributed by atoms with E-state index in [2.05, 4.69) is 40.7 Å². The van der Waals surface area contributed by atoms with Crippen LogP contribution < -0.4 is 14.8 Å². The first-order valence-corrected chi connectivity index (χ1v) is 10.6. The zero-order chi connectivity index (χ0) is 21.8. The average molecular weight is 425 g/mol. The van der Waals surface area contributed by atoms with Gasteiger partial charge in [-0.3, -0.25) is 9.48 Å². The Morgan fingerprint density at radius 2 is 1.75 bits per heavy atom. The molecule has 0 unspecified atom stereocenters. The maximum atomic E-state index is 12.7. The van der Waals surface area contributed by atoms with Gasteiger partial charge in [-0.15, -0.1) is 0 Å². The molecule has 1 N–H and O–H groups in total. The van der Waals surface area contributed by atoms with Crippen LogP contribution in [0.1, 0.15) is 21.5 Å². The third-order valence-corrected chi connectivity index (χ3v) is 5.43. The predicted octanol–water partition coefficient (Wildman–Crippen LogP) is 4.30. The van der Waals surface area contributed by atoms with Gasteiger partial charge in [-0.1, -0.05) is 48.5 Å². The zero-order valence-corrected chi connectivity index (χ0v) is 17.5. The highest BCUT2D eigenvalue weighted by atomic mass is 16.6. The molecule has 6 nitrogen and oxygen atoms in total. The highest BCUT2D eigenvalue weighted by Gasteiger charge is 2.15. The number of hydrogen-bond acceptors (Lipinski definition) is 4. The van der Waals surface area contributed by atoms with Crippen LogP contribution in [-0.4, -0.2) is 28.9 Å². The van der Waals surface area contributed by atoms with Gasteiger partial charge in [0.25, 0.3) is 5.91 Å². The van der Waals surface area contributed by atoms with Crippen molar-refractivity contribution in [2.75, 3.05) is 13.2 Å². The molecule has 3 aromatic carbocycles. The maximum Gasteiger partial charge on any atom is 0.251 e. The topological polar surface area (TPSA) is 65.4 Å². The number of fused-ring (bicyclic) bond motifs is 1. The van der Waals surface area contributed by atoms with Crippen LogP contribution in [0.5, 0.6) is 11.5 Å². The Balaban J connectivity index is 1.29. The molecule has 160 valence electrons. The summed E-state index contributed by atoms with van der Waals surface area (Å²) in [5.74, 6) is 1.14. The Morgan fingerprint density at radius 3 is 2.56 bits per heavy atom. The van der Waals surface area contributed by atoms with E-state index in [1.165, 1.54) is 5.56 Å². The van der Waals surface area contributed by atoms with Crippen molar-refractivity contribution >= 4 is 5.91 Å². The van der Waals surface area contributed by atoms with E-state index >= 15 is 0 Å². The summed E-state index contributed by atoms with van der Waals surface area (Å²) in [6.07, 6.45) is 3.73. The number of carbonyl (C=O) groups is 1. The van der Waals surface area contributed by atoms with E-state index in [9.17, 15) is 4.79 Å². The molecule has 0 atom stereocenters. The predicted molar refractivity (Wildman–Crippen MR) is 122 cm³/mol. The van der Waals surface area contributed by atoms with Crippen molar-refractivity contribution in [2.45, 2.75) is 13.1 Å². The second kappa shape index (κ2) is 8.98. The Kier molecular flexibility index (Phi) is 5.58. The summed E-state index contributed by atoms with van der Waals surface area (Å²) < 4.78 is 13.0. The Bertz CT molecular complexity index is 1220. The minimum Gasteiger partial charge on any atom is -0.486 e. The van der Waals surface area contributed by atoms with Crippen LogP contribution in [0, 0.1) is 0 Å². The molecule has 0 saturated carbocycles. The number of nitrogens with one attached hydrogen (secondary N) is 1. The van der Waals surface area contributed by atoms with Gasteiger partial charge in [0, 0.05) is 24.5 Å². The number of ether oxygens (including phenoxy) is 2. The fourth-order valence-electron chi connectivity index (χ4n) is 3.79. The molecule has 0 aliphatic carbocycles. The molecule has 1 aromatic heterocycles. The Hall–Kier alpha value is -4.06.